The quantitative estimate of drug-likeness (QED) is 0.704. The molecule has 0 amide bonds. The van der Waals surface area contributed by atoms with Gasteiger partial charge >= 0.3 is 0 Å². The maximum atomic E-state index is 5.78. The highest BCUT2D eigenvalue weighted by atomic mass is 16.3. The van der Waals surface area contributed by atoms with Crippen molar-refractivity contribution in [1.29, 1.82) is 0 Å². The average molecular weight is 205 g/mol. The van der Waals surface area contributed by atoms with Crippen LogP contribution in [-0.2, 0) is 5.41 Å². The van der Waals surface area contributed by atoms with E-state index in [-0.39, 0.29) is 0 Å². The Morgan fingerprint density at radius 2 is 2.13 bits per heavy atom. The lowest BCUT2D eigenvalue weighted by molar-refractivity contribution is 0.210. The van der Waals surface area contributed by atoms with Gasteiger partial charge in [-0.2, -0.15) is 0 Å². The minimum Gasteiger partial charge on any atom is -0.468 e. The van der Waals surface area contributed by atoms with Gasteiger partial charge in [-0.05, 0) is 25.8 Å². The van der Waals surface area contributed by atoms with Crippen LogP contribution in [0, 0.1) is 0 Å². The molecule has 1 fully saturated rings. The first-order valence-corrected chi connectivity index (χ1v) is 6.13. The molecule has 2 aliphatic rings. The van der Waals surface area contributed by atoms with Crippen molar-refractivity contribution in [2.24, 2.45) is 0 Å². The normalized spacial score (nSPS) is 29.0. The highest BCUT2D eigenvalue weighted by molar-refractivity contribution is 5.32. The van der Waals surface area contributed by atoms with Gasteiger partial charge in [0.1, 0.15) is 5.76 Å². The lowest BCUT2D eigenvalue weighted by Gasteiger charge is -2.41. The van der Waals surface area contributed by atoms with Gasteiger partial charge in [-0.3, -0.25) is 0 Å². The highest BCUT2D eigenvalue weighted by Gasteiger charge is 2.42. The Bertz CT molecular complexity index is 349. The molecule has 2 heteroatoms. The van der Waals surface area contributed by atoms with Crippen molar-refractivity contribution in [3.8, 4) is 0 Å². The molecule has 2 heterocycles. The molecule has 0 aromatic carbocycles. The highest BCUT2D eigenvalue weighted by Crippen LogP contribution is 2.44. The SMILES string of the molecule is CC1NCC2(CCCCC2)c2occc21. The summed E-state index contributed by atoms with van der Waals surface area (Å²) in [6.45, 7) is 3.33. The fraction of sp³-hybridized carbons (Fsp3) is 0.692. The van der Waals surface area contributed by atoms with Crippen molar-refractivity contribution >= 4 is 0 Å². The molecule has 0 saturated heterocycles. The zero-order valence-corrected chi connectivity index (χ0v) is 9.38. The summed E-state index contributed by atoms with van der Waals surface area (Å²) in [5.41, 5.74) is 1.71. The van der Waals surface area contributed by atoms with Crippen molar-refractivity contribution in [2.45, 2.75) is 50.5 Å². The Kier molecular flexibility index (Phi) is 2.13. The second kappa shape index (κ2) is 3.38. The van der Waals surface area contributed by atoms with Gasteiger partial charge in [0.25, 0.3) is 0 Å². The molecule has 1 unspecified atom stereocenters. The maximum absolute atomic E-state index is 5.78. The van der Waals surface area contributed by atoms with Crippen molar-refractivity contribution in [2.75, 3.05) is 6.54 Å². The van der Waals surface area contributed by atoms with Crippen LogP contribution in [0.2, 0.25) is 0 Å². The molecule has 2 nitrogen and oxygen atoms in total. The number of hydrogen-bond donors (Lipinski definition) is 1. The Morgan fingerprint density at radius 1 is 1.33 bits per heavy atom. The summed E-state index contributed by atoms with van der Waals surface area (Å²) >= 11 is 0. The summed E-state index contributed by atoms with van der Waals surface area (Å²) in [7, 11) is 0. The standard InChI is InChI=1S/C13H19NO/c1-10-11-5-8-15-12(11)13(9-14-10)6-3-2-4-7-13/h5,8,10,14H,2-4,6-7,9H2,1H3. The third kappa shape index (κ3) is 1.35. The lowest BCUT2D eigenvalue weighted by Crippen LogP contribution is -2.45. The topological polar surface area (TPSA) is 25.2 Å². The van der Waals surface area contributed by atoms with E-state index in [4.69, 9.17) is 4.42 Å². The van der Waals surface area contributed by atoms with Crippen molar-refractivity contribution in [1.82, 2.24) is 5.32 Å². The number of nitrogens with one attached hydrogen (secondary N) is 1. The zero-order chi connectivity index (χ0) is 10.3. The van der Waals surface area contributed by atoms with E-state index in [1.165, 1.54) is 43.4 Å². The Labute approximate surface area is 91.0 Å². The molecule has 1 aromatic rings. The third-order valence-electron chi connectivity index (χ3n) is 4.20. The van der Waals surface area contributed by atoms with E-state index in [1.807, 2.05) is 6.26 Å². The van der Waals surface area contributed by atoms with E-state index >= 15 is 0 Å². The van der Waals surface area contributed by atoms with Crippen LogP contribution in [0.25, 0.3) is 0 Å². The summed E-state index contributed by atoms with van der Waals surface area (Å²) in [4.78, 5) is 0. The number of furan rings is 1. The van der Waals surface area contributed by atoms with Gasteiger partial charge in [0.05, 0.1) is 6.26 Å². The predicted octanol–water partition coefficient (Wildman–Crippen LogP) is 3.15. The summed E-state index contributed by atoms with van der Waals surface area (Å²) < 4.78 is 5.78. The van der Waals surface area contributed by atoms with Gasteiger partial charge in [-0.1, -0.05) is 19.3 Å². The molecule has 1 aliphatic carbocycles. The molecule has 1 atom stereocenters. The Morgan fingerprint density at radius 3 is 2.93 bits per heavy atom. The van der Waals surface area contributed by atoms with E-state index in [1.54, 1.807) is 0 Å². The van der Waals surface area contributed by atoms with Crippen LogP contribution in [0.1, 0.15) is 56.4 Å². The summed E-state index contributed by atoms with van der Waals surface area (Å²) in [6, 6.07) is 2.61. The fourth-order valence-corrected chi connectivity index (χ4v) is 3.26. The monoisotopic (exact) mass is 205 g/mol. The van der Waals surface area contributed by atoms with Crippen LogP contribution in [0.3, 0.4) is 0 Å². The Balaban J connectivity index is 2.02. The summed E-state index contributed by atoms with van der Waals surface area (Å²) in [5, 5.41) is 3.62. The molecule has 0 radical (unpaired) electrons. The fourth-order valence-electron chi connectivity index (χ4n) is 3.26. The summed E-state index contributed by atoms with van der Waals surface area (Å²) in [5.74, 6) is 1.29. The van der Waals surface area contributed by atoms with E-state index in [2.05, 4.69) is 18.3 Å². The summed E-state index contributed by atoms with van der Waals surface area (Å²) in [6.07, 6.45) is 8.57. The largest absolute Gasteiger partial charge is 0.468 e. The first-order valence-electron chi connectivity index (χ1n) is 6.13. The predicted molar refractivity (Wildman–Crippen MR) is 59.9 cm³/mol. The van der Waals surface area contributed by atoms with Gasteiger partial charge in [0.2, 0.25) is 0 Å². The molecule has 1 aromatic heterocycles. The van der Waals surface area contributed by atoms with E-state index < -0.39 is 0 Å². The van der Waals surface area contributed by atoms with Gasteiger partial charge in [-0.25, -0.2) is 0 Å². The smallest absolute Gasteiger partial charge is 0.115 e. The minimum absolute atomic E-state index is 0.323. The molecular weight excluding hydrogens is 186 g/mol. The van der Waals surface area contributed by atoms with Crippen LogP contribution >= 0.6 is 0 Å². The van der Waals surface area contributed by atoms with Crippen LogP contribution in [0.15, 0.2) is 16.7 Å². The Hall–Kier alpha value is -0.760. The van der Waals surface area contributed by atoms with Crippen molar-refractivity contribution < 1.29 is 4.42 Å². The third-order valence-corrected chi connectivity index (χ3v) is 4.20. The van der Waals surface area contributed by atoms with Crippen LogP contribution in [0.4, 0.5) is 0 Å². The molecule has 82 valence electrons. The molecule has 1 spiro atoms. The molecule has 1 N–H and O–H groups in total. The molecular formula is C13H19NO. The second-order valence-electron chi connectivity index (χ2n) is 5.15. The maximum Gasteiger partial charge on any atom is 0.115 e. The average Bonchev–Trinajstić information content (AvgIpc) is 2.76. The van der Waals surface area contributed by atoms with Gasteiger partial charge in [0, 0.05) is 23.6 Å². The van der Waals surface area contributed by atoms with Crippen LogP contribution in [0.5, 0.6) is 0 Å². The van der Waals surface area contributed by atoms with Crippen molar-refractivity contribution in [3.05, 3.63) is 23.7 Å². The zero-order valence-electron chi connectivity index (χ0n) is 9.38. The van der Waals surface area contributed by atoms with E-state index in [0.717, 1.165) is 6.54 Å². The number of rotatable bonds is 0. The number of hydrogen-bond acceptors (Lipinski definition) is 2. The molecule has 0 bridgehead atoms. The van der Waals surface area contributed by atoms with E-state index in [0.29, 0.717) is 11.5 Å². The molecule has 15 heavy (non-hydrogen) atoms. The molecule has 3 rings (SSSR count). The second-order valence-corrected chi connectivity index (χ2v) is 5.15. The van der Waals surface area contributed by atoms with Crippen LogP contribution < -0.4 is 5.32 Å². The van der Waals surface area contributed by atoms with Gasteiger partial charge in [-0.15, -0.1) is 0 Å². The first kappa shape index (κ1) is 9.46. The van der Waals surface area contributed by atoms with E-state index in [9.17, 15) is 0 Å². The van der Waals surface area contributed by atoms with Gasteiger partial charge < -0.3 is 9.73 Å². The molecule has 1 aliphatic heterocycles. The van der Waals surface area contributed by atoms with Crippen molar-refractivity contribution in [3.63, 3.8) is 0 Å². The lowest BCUT2D eigenvalue weighted by atomic mass is 9.69. The van der Waals surface area contributed by atoms with Crippen LogP contribution in [-0.4, -0.2) is 6.54 Å². The minimum atomic E-state index is 0.323. The molecule has 1 saturated carbocycles. The number of fused-ring (bicyclic) bond motifs is 2. The van der Waals surface area contributed by atoms with Gasteiger partial charge in [0.15, 0.2) is 0 Å². The first-order chi connectivity index (χ1) is 7.32.